The third-order valence-corrected chi connectivity index (χ3v) is 2.06. The first-order chi connectivity index (χ1) is 6.43. The summed E-state index contributed by atoms with van der Waals surface area (Å²) in [5.74, 6) is 1.53. The first-order valence-electron chi connectivity index (χ1n) is 4.95. The van der Waals surface area contributed by atoms with Crippen molar-refractivity contribution in [2.24, 2.45) is 5.92 Å². The lowest BCUT2D eigenvalue weighted by atomic mass is 10.1. The van der Waals surface area contributed by atoms with Crippen LogP contribution in [-0.4, -0.2) is 10.8 Å². The van der Waals surface area contributed by atoms with Crippen LogP contribution < -0.4 is 0 Å². The third-order valence-electron chi connectivity index (χ3n) is 2.06. The second kappa shape index (κ2) is 3.95. The van der Waals surface area contributed by atoms with Gasteiger partial charge < -0.3 is 4.42 Å². The van der Waals surface area contributed by atoms with E-state index in [1.165, 1.54) is 0 Å². The zero-order chi connectivity index (χ0) is 10.9. The molecule has 0 radical (unpaired) electrons. The van der Waals surface area contributed by atoms with E-state index in [0.29, 0.717) is 17.3 Å². The summed E-state index contributed by atoms with van der Waals surface area (Å²) in [4.78, 5) is 15.9. The molecule has 3 nitrogen and oxygen atoms in total. The minimum absolute atomic E-state index is 0.0289. The van der Waals surface area contributed by atoms with Crippen LogP contribution in [0.15, 0.2) is 4.42 Å². The van der Waals surface area contributed by atoms with Crippen molar-refractivity contribution in [1.29, 1.82) is 0 Å². The molecule has 0 saturated heterocycles. The second-order valence-electron chi connectivity index (χ2n) is 4.13. The Labute approximate surface area is 84.5 Å². The number of oxazole rings is 1. The Morgan fingerprint density at radius 1 is 1.29 bits per heavy atom. The lowest BCUT2D eigenvalue weighted by Gasteiger charge is -1.99. The van der Waals surface area contributed by atoms with E-state index in [-0.39, 0.29) is 17.6 Å². The summed E-state index contributed by atoms with van der Waals surface area (Å²) >= 11 is 0. The summed E-state index contributed by atoms with van der Waals surface area (Å²) in [5, 5.41) is 0. The second-order valence-corrected chi connectivity index (χ2v) is 4.13. The Morgan fingerprint density at radius 3 is 2.21 bits per heavy atom. The van der Waals surface area contributed by atoms with E-state index in [0.717, 1.165) is 0 Å². The molecule has 1 heterocycles. The van der Waals surface area contributed by atoms with Gasteiger partial charge in [-0.15, -0.1) is 0 Å². The molecule has 0 fully saturated rings. The van der Waals surface area contributed by atoms with E-state index in [2.05, 4.69) is 4.98 Å². The molecule has 0 atom stereocenters. The summed E-state index contributed by atoms with van der Waals surface area (Å²) in [6.45, 7) is 9.51. The summed E-state index contributed by atoms with van der Waals surface area (Å²) in [6.07, 6.45) is 0. The van der Waals surface area contributed by atoms with Crippen LogP contribution in [0.4, 0.5) is 0 Å². The lowest BCUT2D eigenvalue weighted by Crippen LogP contribution is -2.09. The molecule has 0 aromatic carbocycles. The van der Waals surface area contributed by atoms with Crippen LogP contribution in [0, 0.1) is 12.8 Å². The SMILES string of the molecule is Cc1oc(C(C)C)nc1C(=O)C(C)C. The van der Waals surface area contributed by atoms with Crippen LogP contribution in [0.25, 0.3) is 0 Å². The molecule has 1 rings (SSSR count). The van der Waals surface area contributed by atoms with E-state index in [1.807, 2.05) is 27.7 Å². The maximum Gasteiger partial charge on any atom is 0.197 e. The van der Waals surface area contributed by atoms with Gasteiger partial charge >= 0.3 is 0 Å². The largest absolute Gasteiger partial charge is 0.445 e. The minimum atomic E-state index is -0.0289. The van der Waals surface area contributed by atoms with Crippen LogP contribution in [-0.2, 0) is 0 Å². The number of Topliss-reactive ketones (excluding diaryl/α,β-unsaturated/α-hetero) is 1. The molecule has 0 N–H and O–H groups in total. The topological polar surface area (TPSA) is 43.1 Å². The van der Waals surface area contributed by atoms with Crippen molar-refractivity contribution >= 4 is 5.78 Å². The molecular formula is C11H17NO2. The van der Waals surface area contributed by atoms with E-state index in [1.54, 1.807) is 6.92 Å². The van der Waals surface area contributed by atoms with Crippen molar-refractivity contribution in [2.45, 2.75) is 40.5 Å². The number of rotatable bonds is 3. The number of hydrogen-bond acceptors (Lipinski definition) is 3. The van der Waals surface area contributed by atoms with Crippen molar-refractivity contribution in [3.05, 3.63) is 17.3 Å². The van der Waals surface area contributed by atoms with E-state index >= 15 is 0 Å². The number of aromatic nitrogens is 1. The molecule has 0 aliphatic heterocycles. The van der Waals surface area contributed by atoms with Crippen molar-refractivity contribution in [3.63, 3.8) is 0 Å². The average Bonchev–Trinajstić information content (AvgIpc) is 2.46. The zero-order valence-electron chi connectivity index (χ0n) is 9.42. The third kappa shape index (κ3) is 2.03. The first kappa shape index (κ1) is 11.0. The van der Waals surface area contributed by atoms with Crippen molar-refractivity contribution in [1.82, 2.24) is 4.98 Å². The molecule has 14 heavy (non-hydrogen) atoms. The molecule has 0 saturated carbocycles. The molecule has 0 amide bonds. The molecule has 0 unspecified atom stereocenters. The highest BCUT2D eigenvalue weighted by Crippen LogP contribution is 2.19. The van der Waals surface area contributed by atoms with Crippen LogP contribution >= 0.6 is 0 Å². The Morgan fingerprint density at radius 2 is 1.86 bits per heavy atom. The van der Waals surface area contributed by atoms with Gasteiger partial charge in [0.25, 0.3) is 0 Å². The molecule has 78 valence electrons. The highest BCUT2D eigenvalue weighted by Gasteiger charge is 2.20. The fraction of sp³-hybridized carbons (Fsp3) is 0.636. The highest BCUT2D eigenvalue weighted by atomic mass is 16.4. The molecule has 1 aromatic heterocycles. The number of hydrogen-bond donors (Lipinski definition) is 0. The van der Waals surface area contributed by atoms with Gasteiger partial charge in [-0.3, -0.25) is 4.79 Å². The van der Waals surface area contributed by atoms with Gasteiger partial charge in [-0.1, -0.05) is 27.7 Å². The van der Waals surface area contributed by atoms with E-state index in [4.69, 9.17) is 4.42 Å². The monoisotopic (exact) mass is 195 g/mol. The van der Waals surface area contributed by atoms with Crippen molar-refractivity contribution < 1.29 is 9.21 Å². The van der Waals surface area contributed by atoms with Crippen LogP contribution in [0.2, 0.25) is 0 Å². The standard InChI is InChI=1S/C11H17NO2/c1-6(2)10(13)9-8(5)14-11(12-9)7(3)4/h6-7H,1-5H3. The molecule has 3 heteroatoms. The Bertz CT molecular complexity index is 337. The molecule has 1 aromatic rings. The molecule has 0 bridgehead atoms. The van der Waals surface area contributed by atoms with Crippen molar-refractivity contribution in [3.8, 4) is 0 Å². The maximum absolute atomic E-state index is 11.7. The molecule has 0 aliphatic carbocycles. The summed E-state index contributed by atoms with van der Waals surface area (Å²) in [6, 6.07) is 0. The van der Waals surface area contributed by atoms with Crippen LogP contribution in [0.3, 0.4) is 0 Å². The normalized spacial score (nSPS) is 11.4. The van der Waals surface area contributed by atoms with Gasteiger partial charge in [0.2, 0.25) is 0 Å². The van der Waals surface area contributed by atoms with Gasteiger partial charge in [0.1, 0.15) is 11.5 Å². The van der Waals surface area contributed by atoms with Gasteiger partial charge in [0, 0.05) is 11.8 Å². The van der Waals surface area contributed by atoms with Gasteiger partial charge in [-0.05, 0) is 6.92 Å². The average molecular weight is 195 g/mol. The molecule has 0 aliphatic rings. The number of carbonyl (C=O) groups excluding carboxylic acids is 1. The van der Waals surface area contributed by atoms with E-state index in [9.17, 15) is 4.79 Å². The highest BCUT2D eigenvalue weighted by molar-refractivity contribution is 5.96. The van der Waals surface area contributed by atoms with Crippen molar-refractivity contribution in [2.75, 3.05) is 0 Å². The lowest BCUT2D eigenvalue weighted by molar-refractivity contribution is 0.0933. The minimum Gasteiger partial charge on any atom is -0.445 e. The van der Waals surface area contributed by atoms with Gasteiger partial charge in [0.05, 0.1) is 0 Å². The smallest absolute Gasteiger partial charge is 0.197 e. The summed E-state index contributed by atoms with van der Waals surface area (Å²) in [5.41, 5.74) is 0.490. The maximum atomic E-state index is 11.7. The molecular weight excluding hydrogens is 178 g/mol. The fourth-order valence-corrected chi connectivity index (χ4v) is 1.17. The van der Waals surface area contributed by atoms with Crippen LogP contribution in [0.1, 0.15) is 55.8 Å². The first-order valence-corrected chi connectivity index (χ1v) is 4.95. The Balaban J connectivity index is 3.04. The zero-order valence-corrected chi connectivity index (χ0v) is 9.42. The number of aryl methyl sites for hydroxylation is 1. The predicted octanol–water partition coefficient (Wildman–Crippen LogP) is 2.95. The van der Waals surface area contributed by atoms with Gasteiger partial charge in [-0.25, -0.2) is 4.98 Å². The van der Waals surface area contributed by atoms with E-state index < -0.39 is 0 Å². The number of nitrogens with zero attached hydrogens (tertiary/aromatic N) is 1. The Kier molecular flexibility index (Phi) is 3.09. The number of ketones is 1. The number of carbonyl (C=O) groups is 1. The van der Waals surface area contributed by atoms with Crippen LogP contribution in [0.5, 0.6) is 0 Å². The van der Waals surface area contributed by atoms with Gasteiger partial charge in [0.15, 0.2) is 11.7 Å². The fourth-order valence-electron chi connectivity index (χ4n) is 1.17. The molecule has 0 spiro atoms. The summed E-state index contributed by atoms with van der Waals surface area (Å²) in [7, 11) is 0. The Hall–Kier alpha value is -1.12. The summed E-state index contributed by atoms with van der Waals surface area (Å²) < 4.78 is 5.42. The quantitative estimate of drug-likeness (QED) is 0.696. The predicted molar refractivity (Wildman–Crippen MR) is 54.5 cm³/mol. The van der Waals surface area contributed by atoms with Gasteiger partial charge in [-0.2, -0.15) is 0 Å².